The number of ether oxygens (including phenoxy) is 2. The highest BCUT2D eigenvalue weighted by Gasteiger charge is 2.23. The number of guanidine groups is 1. The van der Waals surface area contributed by atoms with Crippen LogP contribution in [0.1, 0.15) is 31.9 Å². The van der Waals surface area contributed by atoms with E-state index in [1.165, 1.54) is 0 Å². The number of hydrogen-bond donors (Lipinski definition) is 2. The van der Waals surface area contributed by atoms with E-state index in [9.17, 15) is 0 Å². The summed E-state index contributed by atoms with van der Waals surface area (Å²) in [5.41, 5.74) is 0. The van der Waals surface area contributed by atoms with Crippen molar-refractivity contribution < 1.29 is 9.47 Å². The van der Waals surface area contributed by atoms with Gasteiger partial charge >= 0.3 is 0 Å². The third-order valence-electron chi connectivity index (χ3n) is 5.14. The zero-order chi connectivity index (χ0) is 20.4. The van der Waals surface area contributed by atoms with Gasteiger partial charge in [0.2, 0.25) is 0 Å². The van der Waals surface area contributed by atoms with Crippen molar-refractivity contribution >= 4 is 5.96 Å². The molecule has 160 valence electrons. The maximum absolute atomic E-state index is 5.51. The minimum atomic E-state index is 0.437. The lowest BCUT2D eigenvalue weighted by molar-refractivity contribution is 0.00752. The molecular formula is C19H37N7O2. The molecule has 9 nitrogen and oxygen atoms in total. The molecule has 2 heterocycles. The number of nitrogens with one attached hydrogen (secondary N) is 2. The Balaban J connectivity index is 1.98. The van der Waals surface area contributed by atoms with Crippen LogP contribution in [0.25, 0.3) is 0 Å². The molecule has 1 atom stereocenters. The number of aliphatic imine (C=N–C) groups is 1. The molecule has 1 fully saturated rings. The van der Waals surface area contributed by atoms with Gasteiger partial charge in [-0.1, -0.05) is 13.8 Å². The van der Waals surface area contributed by atoms with Gasteiger partial charge in [-0.2, -0.15) is 0 Å². The van der Waals surface area contributed by atoms with Gasteiger partial charge in [0, 0.05) is 53.0 Å². The predicted molar refractivity (Wildman–Crippen MR) is 110 cm³/mol. The maximum atomic E-state index is 5.51. The summed E-state index contributed by atoms with van der Waals surface area (Å²) in [6.45, 7) is 12.9. The van der Waals surface area contributed by atoms with Gasteiger partial charge in [0.05, 0.1) is 13.2 Å². The predicted octanol–water partition coefficient (Wildman–Crippen LogP) is 0.552. The molecule has 1 aromatic rings. The first-order chi connectivity index (χ1) is 13.5. The molecule has 1 saturated heterocycles. The summed E-state index contributed by atoms with van der Waals surface area (Å²) in [6.07, 6.45) is 0.928. The molecule has 9 heteroatoms. The molecule has 0 aliphatic carbocycles. The Labute approximate surface area is 168 Å². The van der Waals surface area contributed by atoms with Crippen LogP contribution in [0.15, 0.2) is 4.99 Å². The van der Waals surface area contributed by atoms with Crippen molar-refractivity contribution in [1.82, 2.24) is 30.3 Å². The fourth-order valence-corrected chi connectivity index (χ4v) is 3.23. The lowest BCUT2D eigenvalue weighted by Crippen LogP contribution is -2.52. The molecule has 1 aromatic heterocycles. The van der Waals surface area contributed by atoms with E-state index >= 15 is 0 Å². The maximum Gasteiger partial charge on any atom is 0.191 e. The van der Waals surface area contributed by atoms with Crippen LogP contribution in [0.5, 0.6) is 0 Å². The smallest absolute Gasteiger partial charge is 0.191 e. The summed E-state index contributed by atoms with van der Waals surface area (Å²) in [5, 5.41) is 15.2. The van der Waals surface area contributed by atoms with Crippen LogP contribution < -0.4 is 10.6 Å². The van der Waals surface area contributed by atoms with Crippen LogP contribution in [0.2, 0.25) is 0 Å². The Bertz CT molecular complexity index is 597. The Kier molecular flexibility index (Phi) is 9.66. The van der Waals surface area contributed by atoms with E-state index in [0.29, 0.717) is 18.5 Å². The van der Waals surface area contributed by atoms with Crippen molar-refractivity contribution in [2.24, 2.45) is 18.0 Å². The van der Waals surface area contributed by atoms with Crippen molar-refractivity contribution in [3.8, 4) is 0 Å². The molecular weight excluding hydrogens is 358 g/mol. The van der Waals surface area contributed by atoms with Crippen LogP contribution >= 0.6 is 0 Å². The number of morpholine rings is 1. The molecule has 2 rings (SSSR count). The Morgan fingerprint density at radius 3 is 2.61 bits per heavy atom. The number of aromatic nitrogens is 3. The molecule has 28 heavy (non-hydrogen) atoms. The highest BCUT2D eigenvalue weighted by atomic mass is 16.5. The van der Waals surface area contributed by atoms with Crippen LogP contribution in [0.3, 0.4) is 0 Å². The van der Waals surface area contributed by atoms with Crippen molar-refractivity contribution in [3.05, 3.63) is 11.6 Å². The largest absolute Gasteiger partial charge is 0.385 e. The number of nitrogens with zero attached hydrogens (tertiary/aromatic N) is 5. The highest BCUT2D eigenvalue weighted by molar-refractivity contribution is 5.79. The van der Waals surface area contributed by atoms with Gasteiger partial charge in [0.15, 0.2) is 11.8 Å². The standard InChI is InChI=1S/C19H37N7O2/c1-15(2)17(26-8-11-28-12-9-26)13-21-19(20-7-6-10-27-5)22-14-18-24-23-16(3)25(18)4/h15,17H,6-14H2,1-5H3,(H2,20,21,22). The first-order valence-corrected chi connectivity index (χ1v) is 10.2. The summed E-state index contributed by atoms with van der Waals surface area (Å²) >= 11 is 0. The van der Waals surface area contributed by atoms with E-state index in [0.717, 1.165) is 70.0 Å². The second-order valence-electron chi connectivity index (χ2n) is 7.50. The van der Waals surface area contributed by atoms with Crippen LogP contribution in [0, 0.1) is 12.8 Å². The zero-order valence-corrected chi connectivity index (χ0v) is 18.1. The van der Waals surface area contributed by atoms with E-state index in [1.54, 1.807) is 7.11 Å². The molecule has 0 aromatic carbocycles. The summed E-state index contributed by atoms with van der Waals surface area (Å²) in [5.74, 6) is 3.08. The van der Waals surface area contributed by atoms with Gasteiger partial charge in [-0.15, -0.1) is 10.2 Å². The summed E-state index contributed by atoms with van der Waals surface area (Å²) < 4.78 is 12.6. The number of rotatable bonds is 10. The minimum Gasteiger partial charge on any atom is -0.385 e. The van der Waals surface area contributed by atoms with Crippen molar-refractivity contribution in [2.75, 3.05) is 53.1 Å². The molecule has 1 aliphatic heterocycles. The fraction of sp³-hybridized carbons (Fsp3) is 0.842. The molecule has 0 spiro atoms. The Morgan fingerprint density at radius 1 is 1.25 bits per heavy atom. The summed E-state index contributed by atoms with van der Waals surface area (Å²) in [7, 11) is 3.69. The second-order valence-corrected chi connectivity index (χ2v) is 7.50. The number of aryl methyl sites for hydroxylation is 1. The molecule has 0 amide bonds. The van der Waals surface area contributed by atoms with Crippen LogP contribution in [0.4, 0.5) is 0 Å². The lowest BCUT2D eigenvalue weighted by atomic mass is 10.0. The summed E-state index contributed by atoms with van der Waals surface area (Å²) in [4.78, 5) is 7.24. The molecule has 0 radical (unpaired) electrons. The Hall–Kier alpha value is -1.71. The quantitative estimate of drug-likeness (QED) is 0.340. The van der Waals surface area contributed by atoms with Gasteiger partial charge in [-0.3, -0.25) is 4.90 Å². The summed E-state index contributed by atoms with van der Waals surface area (Å²) in [6, 6.07) is 0.437. The fourth-order valence-electron chi connectivity index (χ4n) is 3.23. The van der Waals surface area contributed by atoms with Crippen LogP contribution in [-0.4, -0.2) is 84.8 Å². The topological polar surface area (TPSA) is 88.8 Å². The van der Waals surface area contributed by atoms with Gasteiger partial charge in [-0.25, -0.2) is 4.99 Å². The van der Waals surface area contributed by atoms with Gasteiger partial charge in [-0.05, 0) is 19.3 Å². The highest BCUT2D eigenvalue weighted by Crippen LogP contribution is 2.12. The van der Waals surface area contributed by atoms with E-state index in [1.807, 2.05) is 18.5 Å². The molecule has 0 bridgehead atoms. The normalized spacial score (nSPS) is 17.1. The minimum absolute atomic E-state index is 0.437. The SMILES string of the molecule is COCCCNC(=NCc1nnc(C)n1C)NCC(C(C)C)N1CCOCC1. The van der Waals surface area contributed by atoms with E-state index in [-0.39, 0.29) is 0 Å². The van der Waals surface area contributed by atoms with Crippen molar-refractivity contribution in [3.63, 3.8) is 0 Å². The third-order valence-corrected chi connectivity index (χ3v) is 5.14. The molecule has 1 unspecified atom stereocenters. The Morgan fingerprint density at radius 2 is 2.00 bits per heavy atom. The molecule has 0 saturated carbocycles. The van der Waals surface area contributed by atoms with Crippen molar-refractivity contribution in [1.29, 1.82) is 0 Å². The monoisotopic (exact) mass is 395 g/mol. The van der Waals surface area contributed by atoms with Gasteiger partial charge in [0.25, 0.3) is 0 Å². The lowest BCUT2D eigenvalue weighted by Gasteiger charge is -2.37. The van der Waals surface area contributed by atoms with Gasteiger partial charge in [0.1, 0.15) is 12.4 Å². The van der Waals surface area contributed by atoms with E-state index in [2.05, 4.69) is 39.6 Å². The second kappa shape index (κ2) is 12.0. The third kappa shape index (κ3) is 7.03. The first kappa shape index (κ1) is 22.6. The number of methoxy groups -OCH3 is 1. The van der Waals surface area contributed by atoms with Crippen LogP contribution in [-0.2, 0) is 23.1 Å². The average Bonchev–Trinajstić information content (AvgIpc) is 3.01. The zero-order valence-electron chi connectivity index (χ0n) is 18.1. The first-order valence-electron chi connectivity index (χ1n) is 10.2. The van der Waals surface area contributed by atoms with E-state index < -0.39 is 0 Å². The average molecular weight is 396 g/mol. The van der Waals surface area contributed by atoms with Gasteiger partial charge < -0.3 is 24.7 Å². The molecule has 1 aliphatic rings. The molecule has 2 N–H and O–H groups in total. The van der Waals surface area contributed by atoms with Crippen molar-refractivity contribution in [2.45, 2.75) is 39.8 Å². The van der Waals surface area contributed by atoms with E-state index in [4.69, 9.17) is 14.5 Å². The number of hydrogen-bond acceptors (Lipinski definition) is 6.